The van der Waals surface area contributed by atoms with Crippen molar-refractivity contribution in [2.45, 2.75) is 20.0 Å². The Hall–Kier alpha value is -2.21. The van der Waals surface area contributed by atoms with E-state index in [-0.39, 0.29) is 5.82 Å². The predicted molar refractivity (Wildman–Crippen MR) is 73.4 cm³/mol. The number of hydrogen-bond donors (Lipinski definition) is 2. The van der Waals surface area contributed by atoms with Crippen LogP contribution in [0.1, 0.15) is 27.2 Å². The fraction of sp³-hybridized carbons (Fsp3) is 0.286. The van der Waals surface area contributed by atoms with Crippen LogP contribution in [0.3, 0.4) is 0 Å². The third-order valence-corrected chi connectivity index (χ3v) is 3.08. The first-order chi connectivity index (χ1) is 9.47. The Morgan fingerprint density at radius 1 is 1.40 bits per heavy atom. The van der Waals surface area contributed by atoms with Crippen molar-refractivity contribution in [3.63, 3.8) is 0 Å². The SMILES string of the molecule is Cc1nn(C)cc1CNCc1cc(C(N)=O)ccc1F. The molecule has 0 radical (unpaired) electrons. The van der Waals surface area contributed by atoms with Gasteiger partial charge in [-0.1, -0.05) is 0 Å². The van der Waals surface area contributed by atoms with Gasteiger partial charge in [-0.2, -0.15) is 5.10 Å². The van der Waals surface area contributed by atoms with Crippen LogP contribution >= 0.6 is 0 Å². The van der Waals surface area contributed by atoms with Gasteiger partial charge in [0.15, 0.2) is 0 Å². The number of aromatic nitrogens is 2. The molecule has 0 saturated heterocycles. The van der Waals surface area contributed by atoms with E-state index in [4.69, 9.17) is 5.73 Å². The first kappa shape index (κ1) is 14.2. The van der Waals surface area contributed by atoms with Gasteiger partial charge in [0, 0.05) is 43.0 Å². The van der Waals surface area contributed by atoms with E-state index < -0.39 is 5.91 Å². The number of rotatable bonds is 5. The molecule has 0 aliphatic heterocycles. The molecule has 0 fully saturated rings. The molecule has 0 spiro atoms. The number of hydrogen-bond acceptors (Lipinski definition) is 3. The number of benzene rings is 1. The highest BCUT2D eigenvalue weighted by Crippen LogP contribution is 2.11. The van der Waals surface area contributed by atoms with Gasteiger partial charge in [0.05, 0.1) is 5.69 Å². The highest BCUT2D eigenvalue weighted by molar-refractivity contribution is 5.92. The van der Waals surface area contributed by atoms with E-state index in [1.807, 2.05) is 20.2 Å². The number of nitrogens with one attached hydrogen (secondary N) is 1. The summed E-state index contributed by atoms with van der Waals surface area (Å²) in [7, 11) is 1.85. The molecule has 2 rings (SSSR count). The van der Waals surface area contributed by atoms with Gasteiger partial charge in [-0.25, -0.2) is 4.39 Å². The molecule has 0 aliphatic rings. The van der Waals surface area contributed by atoms with Crippen LogP contribution in [-0.2, 0) is 20.1 Å². The third-order valence-electron chi connectivity index (χ3n) is 3.08. The molecular weight excluding hydrogens is 259 g/mol. The molecule has 0 atom stereocenters. The van der Waals surface area contributed by atoms with Crippen LogP contribution in [0.15, 0.2) is 24.4 Å². The lowest BCUT2D eigenvalue weighted by Gasteiger charge is -2.07. The van der Waals surface area contributed by atoms with E-state index in [2.05, 4.69) is 10.4 Å². The maximum absolute atomic E-state index is 13.6. The second kappa shape index (κ2) is 5.83. The van der Waals surface area contributed by atoms with Crippen LogP contribution in [0, 0.1) is 12.7 Å². The summed E-state index contributed by atoms with van der Waals surface area (Å²) in [6.45, 7) is 2.83. The predicted octanol–water partition coefficient (Wildman–Crippen LogP) is 1.26. The lowest BCUT2D eigenvalue weighted by Crippen LogP contribution is -2.16. The van der Waals surface area contributed by atoms with E-state index in [1.54, 1.807) is 4.68 Å². The summed E-state index contributed by atoms with van der Waals surface area (Å²) in [4.78, 5) is 11.1. The van der Waals surface area contributed by atoms with E-state index in [9.17, 15) is 9.18 Å². The van der Waals surface area contributed by atoms with Gasteiger partial charge in [0.25, 0.3) is 0 Å². The summed E-state index contributed by atoms with van der Waals surface area (Å²) in [6.07, 6.45) is 1.92. The minimum Gasteiger partial charge on any atom is -0.366 e. The molecule has 3 N–H and O–H groups in total. The fourth-order valence-corrected chi connectivity index (χ4v) is 2.02. The number of amides is 1. The Kier molecular flexibility index (Phi) is 4.14. The maximum atomic E-state index is 13.6. The molecule has 5 nitrogen and oxygen atoms in total. The zero-order valence-corrected chi connectivity index (χ0v) is 11.5. The Balaban J connectivity index is 2.02. The lowest BCUT2D eigenvalue weighted by molar-refractivity contribution is 0.1000. The van der Waals surface area contributed by atoms with Crippen LogP contribution in [0.5, 0.6) is 0 Å². The Morgan fingerprint density at radius 2 is 2.10 bits per heavy atom. The molecule has 0 saturated carbocycles. The summed E-state index contributed by atoms with van der Waals surface area (Å²) in [5.41, 5.74) is 7.90. The number of nitrogens with two attached hydrogens (primary N) is 1. The third kappa shape index (κ3) is 3.21. The highest BCUT2D eigenvalue weighted by atomic mass is 19.1. The second-order valence-electron chi connectivity index (χ2n) is 4.69. The zero-order chi connectivity index (χ0) is 14.7. The first-order valence-electron chi connectivity index (χ1n) is 6.25. The number of aryl methyl sites for hydroxylation is 2. The topological polar surface area (TPSA) is 72.9 Å². The van der Waals surface area contributed by atoms with Crippen molar-refractivity contribution in [2.24, 2.45) is 12.8 Å². The monoisotopic (exact) mass is 276 g/mol. The van der Waals surface area contributed by atoms with E-state index >= 15 is 0 Å². The molecule has 1 heterocycles. The van der Waals surface area contributed by atoms with Crippen molar-refractivity contribution in [2.75, 3.05) is 0 Å². The summed E-state index contributed by atoms with van der Waals surface area (Å²) < 4.78 is 15.4. The molecule has 0 bridgehead atoms. The van der Waals surface area contributed by atoms with Crippen molar-refractivity contribution in [1.82, 2.24) is 15.1 Å². The summed E-state index contributed by atoms with van der Waals surface area (Å²) in [6, 6.07) is 4.11. The van der Waals surface area contributed by atoms with E-state index in [0.717, 1.165) is 11.3 Å². The van der Waals surface area contributed by atoms with Crippen molar-refractivity contribution in [3.05, 3.63) is 52.6 Å². The van der Waals surface area contributed by atoms with Gasteiger partial charge in [-0.3, -0.25) is 9.48 Å². The van der Waals surface area contributed by atoms with Gasteiger partial charge >= 0.3 is 0 Å². The smallest absolute Gasteiger partial charge is 0.248 e. The first-order valence-corrected chi connectivity index (χ1v) is 6.25. The van der Waals surface area contributed by atoms with Gasteiger partial charge < -0.3 is 11.1 Å². The van der Waals surface area contributed by atoms with Crippen LogP contribution in [0.2, 0.25) is 0 Å². The summed E-state index contributed by atoms with van der Waals surface area (Å²) in [5, 5.41) is 7.37. The number of nitrogens with zero attached hydrogens (tertiary/aromatic N) is 2. The Morgan fingerprint density at radius 3 is 2.70 bits per heavy atom. The van der Waals surface area contributed by atoms with Crippen LogP contribution in [0.4, 0.5) is 4.39 Å². The van der Waals surface area contributed by atoms with Gasteiger partial charge in [-0.05, 0) is 25.1 Å². The molecule has 20 heavy (non-hydrogen) atoms. The molecule has 2 aromatic rings. The minimum atomic E-state index is -0.561. The molecule has 1 amide bonds. The number of primary amides is 1. The number of halogens is 1. The molecule has 0 unspecified atom stereocenters. The quantitative estimate of drug-likeness (QED) is 0.863. The molecule has 6 heteroatoms. The Bertz CT molecular complexity index is 636. The minimum absolute atomic E-state index is 0.306. The molecule has 0 aliphatic carbocycles. The van der Waals surface area contributed by atoms with Crippen molar-refractivity contribution in [3.8, 4) is 0 Å². The normalized spacial score (nSPS) is 10.8. The summed E-state index contributed by atoms with van der Waals surface area (Å²) in [5.74, 6) is -0.917. The molecule has 1 aromatic carbocycles. The van der Waals surface area contributed by atoms with Crippen molar-refractivity contribution >= 4 is 5.91 Å². The Labute approximate surface area is 116 Å². The molecular formula is C14H17FN4O. The largest absolute Gasteiger partial charge is 0.366 e. The van der Waals surface area contributed by atoms with Crippen LogP contribution in [-0.4, -0.2) is 15.7 Å². The number of carbonyl (C=O) groups is 1. The zero-order valence-electron chi connectivity index (χ0n) is 11.5. The average Bonchev–Trinajstić information content (AvgIpc) is 2.70. The fourth-order valence-electron chi connectivity index (χ4n) is 2.02. The highest BCUT2D eigenvalue weighted by Gasteiger charge is 2.08. The summed E-state index contributed by atoms with van der Waals surface area (Å²) >= 11 is 0. The van der Waals surface area contributed by atoms with Crippen LogP contribution in [0.25, 0.3) is 0 Å². The van der Waals surface area contributed by atoms with Gasteiger partial charge in [0.2, 0.25) is 5.91 Å². The van der Waals surface area contributed by atoms with Crippen molar-refractivity contribution < 1.29 is 9.18 Å². The van der Waals surface area contributed by atoms with Crippen LogP contribution < -0.4 is 11.1 Å². The number of carbonyl (C=O) groups excluding carboxylic acids is 1. The van der Waals surface area contributed by atoms with Gasteiger partial charge in [-0.15, -0.1) is 0 Å². The van der Waals surface area contributed by atoms with E-state index in [1.165, 1.54) is 18.2 Å². The second-order valence-corrected chi connectivity index (χ2v) is 4.69. The van der Waals surface area contributed by atoms with E-state index in [0.29, 0.717) is 24.2 Å². The average molecular weight is 276 g/mol. The maximum Gasteiger partial charge on any atom is 0.248 e. The van der Waals surface area contributed by atoms with Gasteiger partial charge in [0.1, 0.15) is 5.82 Å². The molecule has 1 aromatic heterocycles. The van der Waals surface area contributed by atoms with Crippen molar-refractivity contribution in [1.29, 1.82) is 0 Å². The lowest BCUT2D eigenvalue weighted by atomic mass is 10.1. The molecule has 106 valence electrons. The standard InChI is InChI=1S/C14H17FN4O/c1-9-12(8-19(2)18-9)7-17-6-11-5-10(14(16)20)3-4-13(11)15/h3-5,8,17H,6-7H2,1-2H3,(H2,16,20).